The maximum absolute atomic E-state index is 11.6. The van der Waals surface area contributed by atoms with Crippen molar-refractivity contribution in [1.29, 1.82) is 0 Å². The van der Waals surface area contributed by atoms with Crippen LogP contribution in [0.1, 0.15) is 12.8 Å². The van der Waals surface area contributed by atoms with Crippen LogP contribution in [0, 0.1) is 0 Å². The van der Waals surface area contributed by atoms with Gasteiger partial charge in [-0.15, -0.1) is 10.2 Å². The van der Waals surface area contributed by atoms with E-state index in [0.29, 0.717) is 28.4 Å². The monoisotopic (exact) mass is 333 g/mol. The van der Waals surface area contributed by atoms with Gasteiger partial charge in [-0.05, 0) is 43.2 Å². The van der Waals surface area contributed by atoms with E-state index in [4.69, 9.17) is 16.3 Å². The second kappa shape index (κ2) is 6.70. The Bertz CT molecular complexity index is 704. The molecule has 0 radical (unpaired) electrons. The Kier molecular flexibility index (Phi) is 4.47. The predicted octanol–water partition coefficient (Wildman–Crippen LogP) is 3.17. The molecule has 120 valence electrons. The number of carbonyl (C=O) groups excluding carboxylic acids is 1. The number of ether oxygens (including phenoxy) is 1. The number of nitrogens with zero attached hydrogens (tertiary/aromatic N) is 2. The number of carbonyl (C=O) groups is 1. The van der Waals surface area contributed by atoms with E-state index >= 15 is 0 Å². The minimum absolute atomic E-state index is 0.260. The number of methoxy groups -OCH3 is 1. The Morgan fingerprint density at radius 3 is 2.57 bits per heavy atom. The van der Waals surface area contributed by atoms with Gasteiger partial charge in [-0.1, -0.05) is 11.6 Å². The fraction of sp³-hybridized carbons (Fsp3) is 0.267. The van der Waals surface area contributed by atoms with Crippen molar-refractivity contribution in [3.8, 4) is 5.75 Å². The molecule has 0 atom stereocenters. The summed E-state index contributed by atoms with van der Waals surface area (Å²) in [5.74, 6) is 1.53. The van der Waals surface area contributed by atoms with E-state index in [2.05, 4.69) is 26.1 Å². The largest absolute Gasteiger partial charge is 0.495 e. The molecule has 1 saturated carbocycles. The summed E-state index contributed by atoms with van der Waals surface area (Å²) < 4.78 is 5.10. The van der Waals surface area contributed by atoms with Crippen LogP contribution in [0.2, 0.25) is 5.02 Å². The van der Waals surface area contributed by atoms with Gasteiger partial charge in [-0.2, -0.15) is 0 Å². The van der Waals surface area contributed by atoms with Gasteiger partial charge < -0.3 is 15.4 Å². The zero-order chi connectivity index (χ0) is 16.2. The second-order valence-corrected chi connectivity index (χ2v) is 5.56. The first-order chi connectivity index (χ1) is 11.1. The van der Waals surface area contributed by atoms with Crippen LogP contribution in [0.3, 0.4) is 0 Å². The third kappa shape index (κ3) is 4.23. The third-order valence-corrected chi connectivity index (χ3v) is 3.54. The van der Waals surface area contributed by atoms with Crippen LogP contribution in [0.5, 0.6) is 5.75 Å². The van der Waals surface area contributed by atoms with Gasteiger partial charge in [0.05, 0.1) is 12.1 Å². The maximum atomic E-state index is 11.6. The number of amides is 2. The van der Waals surface area contributed by atoms with Gasteiger partial charge >= 0.3 is 6.03 Å². The van der Waals surface area contributed by atoms with Gasteiger partial charge in [0.15, 0.2) is 11.6 Å². The Labute approximate surface area is 138 Å². The zero-order valence-electron chi connectivity index (χ0n) is 12.5. The average Bonchev–Trinajstić information content (AvgIpc) is 3.33. The summed E-state index contributed by atoms with van der Waals surface area (Å²) in [5, 5.41) is 17.0. The lowest BCUT2D eigenvalue weighted by Gasteiger charge is -2.09. The molecule has 1 aliphatic rings. The lowest BCUT2D eigenvalue weighted by Crippen LogP contribution is -2.30. The van der Waals surface area contributed by atoms with Crippen molar-refractivity contribution in [3.05, 3.63) is 35.4 Å². The molecule has 1 aromatic carbocycles. The SMILES string of the molecule is COc1ccc(Nc2ccc(NC(=O)NC3CC3)nn2)cc1Cl. The molecule has 2 aromatic rings. The van der Waals surface area contributed by atoms with Crippen molar-refractivity contribution in [2.45, 2.75) is 18.9 Å². The summed E-state index contributed by atoms with van der Waals surface area (Å²) in [4.78, 5) is 11.6. The molecule has 0 bridgehead atoms. The van der Waals surface area contributed by atoms with Gasteiger partial charge in [-0.3, -0.25) is 5.32 Å². The van der Waals surface area contributed by atoms with Gasteiger partial charge in [-0.25, -0.2) is 4.79 Å². The number of urea groups is 1. The smallest absolute Gasteiger partial charge is 0.320 e. The zero-order valence-corrected chi connectivity index (χ0v) is 13.2. The molecule has 23 heavy (non-hydrogen) atoms. The number of hydrogen-bond acceptors (Lipinski definition) is 5. The molecule has 8 heteroatoms. The first kappa shape index (κ1) is 15.4. The molecule has 0 spiro atoms. The Morgan fingerprint density at radius 2 is 1.96 bits per heavy atom. The highest BCUT2D eigenvalue weighted by Gasteiger charge is 2.23. The summed E-state index contributed by atoms with van der Waals surface area (Å²) in [6.07, 6.45) is 2.07. The van der Waals surface area contributed by atoms with Gasteiger partial charge in [0.25, 0.3) is 0 Å². The Hall–Kier alpha value is -2.54. The Balaban J connectivity index is 1.60. The Morgan fingerprint density at radius 1 is 1.22 bits per heavy atom. The van der Waals surface area contributed by atoms with Gasteiger partial charge in [0.2, 0.25) is 0 Å². The van der Waals surface area contributed by atoms with Crippen LogP contribution in [-0.4, -0.2) is 29.4 Å². The number of aromatic nitrogens is 2. The third-order valence-electron chi connectivity index (χ3n) is 3.24. The molecule has 1 aliphatic carbocycles. The summed E-state index contributed by atoms with van der Waals surface area (Å²) in [5.41, 5.74) is 0.761. The van der Waals surface area contributed by atoms with Crippen molar-refractivity contribution in [2.24, 2.45) is 0 Å². The highest BCUT2D eigenvalue weighted by atomic mass is 35.5. The van der Waals surface area contributed by atoms with Crippen molar-refractivity contribution >= 4 is 35.0 Å². The van der Waals surface area contributed by atoms with E-state index in [1.54, 1.807) is 31.4 Å². The molecule has 1 fully saturated rings. The van der Waals surface area contributed by atoms with E-state index in [0.717, 1.165) is 18.5 Å². The molecule has 1 aromatic heterocycles. The lowest BCUT2D eigenvalue weighted by molar-refractivity contribution is 0.251. The highest BCUT2D eigenvalue weighted by Crippen LogP contribution is 2.28. The average molecular weight is 334 g/mol. The molecule has 7 nitrogen and oxygen atoms in total. The number of anilines is 3. The summed E-state index contributed by atoms with van der Waals surface area (Å²) in [6.45, 7) is 0. The number of halogens is 1. The summed E-state index contributed by atoms with van der Waals surface area (Å²) in [6, 6.07) is 8.74. The number of rotatable bonds is 5. The van der Waals surface area contributed by atoms with E-state index in [1.807, 2.05) is 6.07 Å². The van der Waals surface area contributed by atoms with E-state index in [9.17, 15) is 4.79 Å². The molecule has 1 heterocycles. The summed E-state index contributed by atoms with van der Waals surface area (Å²) >= 11 is 6.07. The number of nitrogens with one attached hydrogen (secondary N) is 3. The van der Waals surface area contributed by atoms with Crippen LogP contribution in [-0.2, 0) is 0 Å². The second-order valence-electron chi connectivity index (χ2n) is 5.15. The molecule has 0 saturated heterocycles. The fourth-order valence-corrected chi connectivity index (χ4v) is 2.18. The summed E-state index contributed by atoms with van der Waals surface area (Å²) in [7, 11) is 1.56. The molecule has 2 amide bonds. The van der Waals surface area contributed by atoms with Crippen molar-refractivity contribution in [1.82, 2.24) is 15.5 Å². The molecular formula is C15H16ClN5O2. The van der Waals surface area contributed by atoms with Gasteiger partial charge in [0, 0.05) is 11.7 Å². The van der Waals surface area contributed by atoms with Crippen molar-refractivity contribution in [3.63, 3.8) is 0 Å². The molecule has 0 unspecified atom stereocenters. The van der Waals surface area contributed by atoms with E-state index in [-0.39, 0.29) is 6.03 Å². The van der Waals surface area contributed by atoms with Crippen LogP contribution in [0.4, 0.5) is 22.1 Å². The van der Waals surface area contributed by atoms with E-state index < -0.39 is 0 Å². The number of benzene rings is 1. The molecule has 0 aliphatic heterocycles. The quantitative estimate of drug-likeness (QED) is 0.782. The van der Waals surface area contributed by atoms with Crippen LogP contribution in [0.15, 0.2) is 30.3 Å². The normalized spacial score (nSPS) is 13.3. The maximum Gasteiger partial charge on any atom is 0.320 e. The fourth-order valence-electron chi connectivity index (χ4n) is 1.92. The first-order valence-corrected chi connectivity index (χ1v) is 7.53. The van der Waals surface area contributed by atoms with Crippen LogP contribution < -0.4 is 20.7 Å². The van der Waals surface area contributed by atoms with E-state index in [1.165, 1.54) is 0 Å². The molecule has 3 rings (SSSR count). The minimum Gasteiger partial charge on any atom is -0.495 e. The van der Waals surface area contributed by atoms with Crippen LogP contribution >= 0.6 is 11.6 Å². The molecule has 3 N–H and O–H groups in total. The van der Waals surface area contributed by atoms with Crippen LogP contribution in [0.25, 0.3) is 0 Å². The predicted molar refractivity (Wildman–Crippen MR) is 88.5 cm³/mol. The minimum atomic E-state index is -0.260. The van der Waals surface area contributed by atoms with Crippen molar-refractivity contribution < 1.29 is 9.53 Å². The van der Waals surface area contributed by atoms with Crippen molar-refractivity contribution in [2.75, 3.05) is 17.7 Å². The standard InChI is InChI=1S/C15H16ClN5O2/c1-23-12-5-4-10(8-11(12)16)17-13-6-7-14(21-20-13)19-15(22)18-9-2-3-9/h4-9H,2-3H2,1H3,(H,17,20)(H2,18,19,21,22). The highest BCUT2D eigenvalue weighted by molar-refractivity contribution is 6.32. The number of hydrogen-bond donors (Lipinski definition) is 3. The topological polar surface area (TPSA) is 88.2 Å². The molecular weight excluding hydrogens is 318 g/mol. The first-order valence-electron chi connectivity index (χ1n) is 7.16. The lowest BCUT2D eigenvalue weighted by atomic mass is 10.3. The van der Waals surface area contributed by atoms with Gasteiger partial charge in [0.1, 0.15) is 5.75 Å².